The highest BCUT2D eigenvalue weighted by Gasteiger charge is 2.36. The van der Waals surface area contributed by atoms with Crippen LogP contribution in [0, 0.1) is 5.41 Å². The molecule has 1 saturated heterocycles. The predicted molar refractivity (Wildman–Crippen MR) is 169 cm³/mol. The molecule has 1 aliphatic heterocycles. The van der Waals surface area contributed by atoms with Gasteiger partial charge in [-0.1, -0.05) is 36.4 Å². The predicted octanol–water partition coefficient (Wildman–Crippen LogP) is 7.40. The maximum atomic E-state index is 14.1. The van der Waals surface area contributed by atoms with E-state index in [-0.39, 0.29) is 17.9 Å². The summed E-state index contributed by atoms with van der Waals surface area (Å²) in [5.74, 6) is 0.220. The molecule has 5 rings (SSSR count). The summed E-state index contributed by atoms with van der Waals surface area (Å²) < 4.78 is 54.2. The molecule has 0 aliphatic carbocycles. The zero-order chi connectivity index (χ0) is 32.9. The van der Waals surface area contributed by atoms with E-state index in [1.165, 1.54) is 0 Å². The molecular weight excluding hydrogens is 599 g/mol. The van der Waals surface area contributed by atoms with Crippen LogP contribution >= 0.6 is 0 Å². The number of alkyl halides is 3. The van der Waals surface area contributed by atoms with E-state index in [1.54, 1.807) is 38.1 Å². The topological polar surface area (TPSA) is 110 Å². The Kier molecular flexibility index (Phi) is 9.64. The van der Waals surface area contributed by atoms with Crippen LogP contribution in [-0.2, 0) is 17.4 Å². The van der Waals surface area contributed by atoms with Gasteiger partial charge in [-0.15, -0.1) is 0 Å². The van der Waals surface area contributed by atoms with Crippen LogP contribution in [0.2, 0.25) is 0 Å². The summed E-state index contributed by atoms with van der Waals surface area (Å²) in [6, 6.07) is 19.6. The number of piperidine rings is 1. The number of halogens is 3. The highest BCUT2D eigenvalue weighted by Crippen LogP contribution is 2.36. The molecule has 9 nitrogen and oxygen atoms in total. The van der Waals surface area contributed by atoms with E-state index in [9.17, 15) is 23.1 Å². The van der Waals surface area contributed by atoms with Crippen LogP contribution in [0.1, 0.15) is 44.7 Å². The number of carboxylic acid groups (broad SMARTS) is 1. The number of hydrogen-bond donors (Lipinski definition) is 2. The maximum absolute atomic E-state index is 14.1. The second kappa shape index (κ2) is 13.6. The lowest BCUT2D eigenvalue weighted by molar-refractivity contribution is -0.146. The Bertz CT molecular complexity index is 1680. The van der Waals surface area contributed by atoms with Crippen LogP contribution in [-0.4, -0.2) is 51.8 Å². The molecular formula is C34H36F3N5O4. The molecule has 0 saturated carbocycles. The standard InChI is InChI=1S/C34H36F3N5O4/c1-4-45-27-14-5-6-15-28(27)46-24-12-9-17-42(21-24)32-38-20-25(34(35,36)37)30(41-32)40-29-16-8-13-26(39-29)23-11-7-10-22(18-23)19-33(2,3)31(43)44/h5-8,10-11,13-16,18,20,24H,4,9,12,17,19,21H2,1-3H3,(H,43,44)(H,38,39,40,41). The number of nitrogens with one attached hydrogen (secondary N) is 1. The molecule has 0 amide bonds. The van der Waals surface area contributed by atoms with Crippen molar-refractivity contribution in [1.82, 2.24) is 15.0 Å². The van der Waals surface area contributed by atoms with E-state index in [0.29, 0.717) is 48.9 Å². The first-order chi connectivity index (χ1) is 21.9. The quantitative estimate of drug-likeness (QED) is 0.174. The lowest BCUT2D eigenvalue weighted by Gasteiger charge is -2.33. The van der Waals surface area contributed by atoms with Crippen molar-refractivity contribution in [2.24, 2.45) is 5.41 Å². The number of ether oxygens (including phenoxy) is 2. The minimum Gasteiger partial charge on any atom is -0.490 e. The van der Waals surface area contributed by atoms with Gasteiger partial charge in [-0.2, -0.15) is 18.2 Å². The first-order valence-electron chi connectivity index (χ1n) is 15.1. The number of anilines is 3. The molecule has 1 aliphatic rings. The average Bonchev–Trinajstić information content (AvgIpc) is 3.02. The average molecular weight is 636 g/mol. The zero-order valence-corrected chi connectivity index (χ0v) is 25.8. The number of para-hydroxylation sites is 2. The van der Waals surface area contributed by atoms with E-state index in [2.05, 4.69) is 20.3 Å². The Balaban J connectivity index is 1.38. The van der Waals surface area contributed by atoms with Gasteiger partial charge in [0.1, 0.15) is 23.3 Å². The summed E-state index contributed by atoms with van der Waals surface area (Å²) in [6.45, 7) is 6.62. The lowest BCUT2D eigenvalue weighted by atomic mass is 9.85. The molecule has 1 fully saturated rings. The van der Waals surface area contributed by atoms with Crippen LogP contribution in [0.5, 0.6) is 11.5 Å². The number of benzene rings is 2. The molecule has 12 heteroatoms. The summed E-state index contributed by atoms with van der Waals surface area (Å²) in [5.41, 5.74) is 0.0212. The van der Waals surface area contributed by atoms with Crippen LogP contribution in [0.25, 0.3) is 11.3 Å². The third-order valence-electron chi connectivity index (χ3n) is 7.63. The summed E-state index contributed by atoms with van der Waals surface area (Å²) >= 11 is 0. The van der Waals surface area contributed by atoms with E-state index in [4.69, 9.17) is 9.47 Å². The van der Waals surface area contributed by atoms with Crippen LogP contribution < -0.4 is 19.7 Å². The molecule has 2 aromatic carbocycles. The molecule has 0 radical (unpaired) electrons. The molecule has 3 heterocycles. The van der Waals surface area contributed by atoms with Gasteiger partial charge in [0.2, 0.25) is 5.95 Å². The van der Waals surface area contributed by atoms with E-state index < -0.39 is 28.9 Å². The third-order valence-corrected chi connectivity index (χ3v) is 7.63. The summed E-state index contributed by atoms with van der Waals surface area (Å²) in [4.78, 5) is 26.4. The Morgan fingerprint density at radius 1 is 1.04 bits per heavy atom. The number of carboxylic acids is 1. The van der Waals surface area contributed by atoms with Crippen molar-refractivity contribution in [3.05, 3.63) is 84.1 Å². The second-order valence-electron chi connectivity index (χ2n) is 11.7. The smallest absolute Gasteiger partial charge is 0.421 e. The fraction of sp³-hybridized carbons (Fsp3) is 0.353. The van der Waals surface area contributed by atoms with Crippen molar-refractivity contribution in [1.29, 1.82) is 0 Å². The molecule has 2 N–H and O–H groups in total. The Labute approximate surface area is 265 Å². The highest BCUT2D eigenvalue weighted by atomic mass is 19.4. The van der Waals surface area contributed by atoms with Crippen molar-refractivity contribution in [3.63, 3.8) is 0 Å². The van der Waals surface area contributed by atoms with Crippen LogP contribution in [0.4, 0.5) is 30.8 Å². The van der Waals surface area contributed by atoms with Gasteiger partial charge in [0.15, 0.2) is 11.5 Å². The van der Waals surface area contributed by atoms with E-state index in [0.717, 1.165) is 24.6 Å². The number of nitrogens with zero attached hydrogens (tertiary/aromatic N) is 4. The van der Waals surface area contributed by atoms with E-state index in [1.807, 2.05) is 54.3 Å². The first kappa shape index (κ1) is 32.5. The lowest BCUT2D eigenvalue weighted by Crippen LogP contribution is -2.42. The normalized spacial score (nSPS) is 15.3. The fourth-order valence-electron chi connectivity index (χ4n) is 5.26. The number of rotatable bonds is 11. The fourth-order valence-corrected chi connectivity index (χ4v) is 5.26. The number of aliphatic carboxylic acids is 1. The Hall–Kier alpha value is -4.87. The first-order valence-corrected chi connectivity index (χ1v) is 15.1. The molecule has 46 heavy (non-hydrogen) atoms. The Morgan fingerprint density at radius 2 is 1.80 bits per heavy atom. The van der Waals surface area contributed by atoms with Crippen LogP contribution in [0.3, 0.4) is 0 Å². The van der Waals surface area contributed by atoms with Crippen LogP contribution in [0.15, 0.2) is 72.9 Å². The third kappa shape index (κ3) is 7.85. The van der Waals surface area contributed by atoms with Gasteiger partial charge >= 0.3 is 12.1 Å². The number of hydrogen-bond acceptors (Lipinski definition) is 8. The molecule has 0 spiro atoms. The van der Waals surface area contributed by atoms with Gasteiger partial charge < -0.3 is 24.8 Å². The molecule has 1 atom stereocenters. The molecule has 0 bridgehead atoms. The molecule has 242 valence electrons. The van der Waals surface area contributed by atoms with Gasteiger partial charge in [0.05, 0.1) is 24.3 Å². The number of carbonyl (C=O) groups is 1. The Morgan fingerprint density at radius 3 is 2.54 bits per heavy atom. The van der Waals surface area contributed by atoms with Gasteiger partial charge in [-0.3, -0.25) is 4.79 Å². The zero-order valence-electron chi connectivity index (χ0n) is 25.8. The number of pyridine rings is 1. The molecule has 2 aromatic heterocycles. The summed E-state index contributed by atoms with van der Waals surface area (Å²) in [5, 5.41) is 12.3. The SMILES string of the molecule is CCOc1ccccc1OC1CCCN(c2ncc(C(F)(F)F)c(Nc3cccc(-c4cccc(CC(C)(C)C(=O)O)c4)n3)n2)C1. The minimum absolute atomic E-state index is 0.145. The summed E-state index contributed by atoms with van der Waals surface area (Å²) in [6.07, 6.45) is -2.37. The van der Waals surface area contributed by atoms with Gasteiger partial charge in [0.25, 0.3) is 0 Å². The van der Waals surface area contributed by atoms with Gasteiger partial charge in [0, 0.05) is 18.3 Å². The highest BCUT2D eigenvalue weighted by molar-refractivity contribution is 5.74. The van der Waals surface area contributed by atoms with Crippen molar-refractivity contribution in [3.8, 4) is 22.8 Å². The van der Waals surface area contributed by atoms with Crippen molar-refractivity contribution >= 4 is 23.6 Å². The van der Waals surface area contributed by atoms with Crippen molar-refractivity contribution < 1.29 is 32.5 Å². The van der Waals surface area contributed by atoms with Gasteiger partial charge in [-0.25, -0.2) is 9.97 Å². The monoisotopic (exact) mass is 635 g/mol. The van der Waals surface area contributed by atoms with Crippen molar-refractivity contribution in [2.75, 3.05) is 29.9 Å². The summed E-state index contributed by atoms with van der Waals surface area (Å²) in [7, 11) is 0. The van der Waals surface area contributed by atoms with Gasteiger partial charge in [-0.05, 0) is 75.9 Å². The molecule has 4 aromatic rings. The maximum Gasteiger partial charge on any atom is 0.421 e. The van der Waals surface area contributed by atoms with Crippen molar-refractivity contribution in [2.45, 2.75) is 52.3 Å². The molecule has 1 unspecified atom stereocenters. The second-order valence-corrected chi connectivity index (χ2v) is 11.7. The minimum atomic E-state index is -4.71. The number of aromatic nitrogens is 3. The largest absolute Gasteiger partial charge is 0.490 e. The van der Waals surface area contributed by atoms with E-state index >= 15 is 0 Å².